The van der Waals surface area contributed by atoms with Gasteiger partial charge in [0, 0.05) is 49.2 Å². The predicted molar refractivity (Wildman–Crippen MR) is 87.5 cm³/mol. The number of nitrogens with two attached hydrogens (primary N) is 1. The second kappa shape index (κ2) is 8.36. The minimum absolute atomic E-state index is 0. The fraction of sp³-hybridized carbons (Fsp3) is 0.429. The van der Waals surface area contributed by atoms with Crippen LogP contribution in [0.15, 0.2) is 28.7 Å². The maximum absolute atomic E-state index is 12.3. The van der Waals surface area contributed by atoms with Gasteiger partial charge in [-0.1, -0.05) is 15.9 Å². The van der Waals surface area contributed by atoms with Crippen LogP contribution in [0.1, 0.15) is 16.8 Å². The third-order valence-corrected chi connectivity index (χ3v) is 3.90. The maximum Gasteiger partial charge on any atom is 0.253 e. The SMILES string of the molecule is Cl.NCCC(=O)N1CCN(C(=O)c2ccc(Br)cc2)CC1. The third kappa shape index (κ3) is 4.69. The van der Waals surface area contributed by atoms with Crippen molar-refractivity contribution >= 4 is 40.2 Å². The van der Waals surface area contributed by atoms with Gasteiger partial charge in [0.1, 0.15) is 0 Å². The lowest BCUT2D eigenvalue weighted by molar-refractivity contribution is -0.132. The molecule has 1 fully saturated rings. The standard InChI is InChI=1S/C14H18BrN3O2.ClH/c15-12-3-1-11(2-4-12)14(20)18-9-7-17(8-10-18)13(19)5-6-16;/h1-4H,5-10,16H2;1H. The van der Waals surface area contributed by atoms with E-state index in [-0.39, 0.29) is 24.2 Å². The number of carbonyl (C=O) groups excluding carboxylic acids is 2. The molecule has 0 aromatic heterocycles. The Morgan fingerprint density at radius 2 is 1.57 bits per heavy atom. The molecule has 1 aliphatic heterocycles. The van der Waals surface area contributed by atoms with Gasteiger partial charge in [0.25, 0.3) is 5.91 Å². The van der Waals surface area contributed by atoms with Crippen molar-refractivity contribution in [2.24, 2.45) is 5.73 Å². The van der Waals surface area contributed by atoms with E-state index in [1.165, 1.54) is 0 Å². The van der Waals surface area contributed by atoms with Crippen molar-refractivity contribution < 1.29 is 9.59 Å². The number of nitrogens with zero attached hydrogens (tertiary/aromatic N) is 2. The monoisotopic (exact) mass is 375 g/mol. The highest BCUT2D eigenvalue weighted by atomic mass is 79.9. The lowest BCUT2D eigenvalue weighted by Gasteiger charge is -2.34. The zero-order valence-electron chi connectivity index (χ0n) is 11.6. The van der Waals surface area contributed by atoms with Crippen molar-refractivity contribution in [2.45, 2.75) is 6.42 Å². The van der Waals surface area contributed by atoms with Crippen molar-refractivity contribution in [3.8, 4) is 0 Å². The molecule has 2 N–H and O–H groups in total. The van der Waals surface area contributed by atoms with E-state index in [0.717, 1.165) is 4.47 Å². The second-order valence-corrected chi connectivity index (χ2v) is 5.63. The summed E-state index contributed by atoms with van der Waals surface area (Å²) < 4.78 is 0.950. The molecule has 1 aromatic rings. The molecule has 0 radical (unpaired) electrons. The van der Waals surface area contributed by atoms with Crippen LogP contribution < -0.4 is 5.73 Å². The van der Waals surface area contributed by atoms with Gasteiger partial charge in [-0.3, -0.25) is 9.59 Å². The molecule has 2 amide bonds. The van der Waals surface area contributed by atoms with Crippen LogP contribution in [0.25, 0.3) is 0 Å². The molecule has 0 unspecified atom stereocenters. The Kier molecular flexibility index (Phi) is 7.14. The van der Waals surface area contributed by atoms with Gasteiger partial charge in [0.05, 0.1) is 0 Å². The van der Waals surface area contributed by atoms with Gasteiger partial charge in [-0.25, -0.2) is 0 Å². The van der Waals surface area contributed by atoms with Gasteiger partial charge in [-0.2, -0.15) is 0 Å². The van der Waals surface area contributed by atoms with Crippen LogP contribution in [0.2, 0.25) is 0 Å². The Morgan fingerprint density at radius 3 is 2.10 bits per heavy atom. The summed E-state index contributed by atoms with van der Waals surface area (Å²) in [5.41, 5.74) is 6.06. The van der Waals surface area contributed by atoms with E-state index in [2.05, 4.69) is 15.9 Å². The Labute approximate surface area is 139 Å². The van der Waals surface area contributed by atoms with Crippen molar-refractivity contribution in [1.82, 2.24) is 9.80 Å². The van der Waals surface area contributed by atoms with E-state index in [0.29, 0.717) is 44.7 Å². The van der Waals surface area contributed by atoms with Gasteiger partial charge < -0.3 is 15.5 Å². The quantitative estimate of drug-likeness (QED) is 0.869. The van der Waals surface area contributed by atoms with E-state index in [4.69, 9.17) is 5.73 Å². The fourth-order valence-electron chi connectivity index (χ4n) is 2.22. The highest BCUT2D eigenvalue weighted by molar-refractivity contribution is 9.10. The first-order chi connectivity index (χ1) is 9.61. The van der Waals surface area contributed by atoms with Crippen LogP contribution in [0.4, 0.5) is 0 Å². The smallest absolute Gasteiger partial charge is 0.253 e. The van der Waals surface area contributed by atoms with E-state index in [1.807, 2.05) is 12.1 Å². The molecule has 0 bridgehead atoms. The molecule has 0 saturated carbocycles. The first-order valence-electron chi connectivity index (χ1n) is 6.64. The topological polar surface area (TPSA) is 66.6 Å². The molecular formula is C14H19BrClN3O2. The maximum atomic E-state index is 12.3. The Morgan fingerprint density at radius 1 is 1.05 bits per heavy atom. The first-order valence-corrected chi connectivity index (χ1v) is 7.44. The molecule has 5 nitrogen and oxygen atoms in total. The van der Waals surface area contributed by atoms with Gasteiger partial charge in [-0.05, 0) is 24.3 Å². The van der Waals surface area contributed by atoms with Crippen molar-refractivity contribution in [2.75, 3.05) is 32.7 Å². The number of halogens is 2. The van der Waals surface area contributed by atoms with Gasteiger partial charge >= 0.3 is 0 Å². The normalized spacial score (nSPS) is 14.6. The summed E-state index contributed by atoms with van der Waals surface area (Å²) in [6.07, 6.45) is 0.376. The zero-order valence-corrected chi connectivity index (χ0v) is 14.0. The van der Waals surface area contributed by atoms with Gasteiger partial charge in [-0.15, -0.1) is 12.4 Å². The summed E-state index contributed by atoms with van der Waals surface area (Å²) in [5.74, 6) is 0.0895. The zero-order chi connectivity index (χ0) is 14.5. The molecule has 2 rings (SSSR count). The van der Waals surface area contributed by atoms with Crippen LogP contribution in [-0.2, 0) is 4.79 Å². The molecule has 0 aliphatic carbocycles. The highest BCUT2D eigenvalue weighted by Crippen LogP contribution is 2.13. The third-order valence-electron chi connectivity index (χ3n) is 3.37. The van der Waals surface area contributed by atoms with Crippen molar-refractivity contribution in [3.05, 3.63) is 34.3 Å². The van der Waals surface area contributed by atoms with Crippen LogP contribution in [0.3, 0.4) is 0 Å². The van der Waals surface area contributed by atoms with E-state index in [1.54, 1.807) is 21.9 Å². The highest BCUT2D eigenvalue weighted by Gasteiger charge is 2.24. The molecule has 116 valence electrons. The Hall–Kier alpha value is -1.11. The number of hydrogen-bond donors (Lipinski definition) is 1. The minimum atomic E-state index is 0. The number of rotatable bonds is 3. The fourth-order valence-corrected chi connectivity index (χ4v) is 2.48. The van der Waals surface area contributed by atoms with Crippen molar-refractivity contribution in [1.29, 1.82) is 0 Å². The molecule has 0 atom stereocenters. The molecule has 0 spiro atoms. The Bertz CT molecular complexity index is 487. The summed E-state index contributed by atoms with van der Waals surface area (Å²) >= 11 is 3.35. The second-order valence-electron chi connectivity index (χ2n) is 4.72. The van der Waals surface area contributed by atoms with Crippen LogP contribution >= 0.6 is 28.3 Å². The van der Waals surface area contributed by atoms with Crippen LogP contribution in [0.5, 0.6) is 0 Å². The first kappa shape index (κ1) is 17.9. The number of hydrogen-bond acceptors (Lipinski definition) is 3. The van der Waals surface area contributed by atoms with Gasteiger partial charge in [0.15, 0.2) is 0 Å². The summed E-state index contributed by atoms with van der Waals surface area (Å²) in [4.78, 5) is 27.6. The average Bonchev–Trinajstić information content (AvgIpc) is 2.48. The number of carbonyl (C=O) groups is 2. The molecule has 1 aromatic carbocycles. The molecule has 1 aliphatic rings. The summed E-state index contributed by atoms with van der Waals surface area (Å²) in [5, 5.41) is 0. The number of benzene rings is 1. The lowest BCUT2D eigenvalue weighted by Crippen LogP contribution is -2.50. The number of piperazine rings is 1. The van der Waals surface area contributed by atoms with E-state index < -0.39 is 0 Å². The molecule has 7 heteroatoms. The summed E-state index contributed by atoms with van der Waals surface area (Å²) in [6.45, 7) is 2.69. The van der Waals surface area contributed by atoms with E-state index in [9.17, 15) is 9.59 Å². The van der Waals surface area contributed by atoms with Crippen LogP contribution in [-0.4, -0.2) is 54.3 Å². The van der Waals surface area contributed by atoms with Crippen molar-refractivity contribution in [3.63, 3.8) is 0 Å². The molecule has 1 heterocycles. The predicted octanol–water partition coefficient (Wildman–Crippen LogP) is 1.50. The number of amides is 2. The van der Waals surface area contributed by atoms with Gasteiger partial charge in [0.2, 0.25) is 5.91 Å². The molecular weight excluding hydrogens is 358 g/mol. The Balaban J connectivity index is 0.00000220. The summed E-state index contributed by atoms with van der Waals surface area (Å²) in [6, 6.07) is 7.32. The minimum Gasteiger partial charge on any atom is -0.339 e. The van der Waals surface area contributed by atoms with Crippen LogP contribution in [0, 0.1) is 0 Å². The average molecular weight is 377 g/mol. The largest absolute Gasteiger partial charge is 0.339 e. The molecule has 21 heavy (non-hydrogen) atoms. The molecule has 1 saturated heterocycles. The lowest BCUT2D eigenvalue weighted by atomic mass is 10.2. The van der Waals surface area contributed by atoms with E-state index >= 15 is 0 Å². The summed E-state index contributed by atoms with van der Waals surface area (Å²) in [7, 11) is 0.